The monoisotopic (exact) mass is 449 g/mol. The number of aromatic nitrogens is 3. The van der Waals surface area contributed by atoms with E-state index in [1.54, 1.807) is 22.8 Å². The van der Waals surface area contributed by atoms with E-state index in [9.17, 15) is 19.3 Å². The first-order chi connectivity index (χ1) is 15.5. The number of nitro benzene ring substituents is 1. The van der Waals surface area contributed by atoms with Gasteiger partial charge in [-0.25, -0.2) is 4.39 Å². The Hall–Kier alpha value is -4.05. The van der Waals surface area contributed by atoms with Crippen molar-refractivity contribution >= 4 is 29.0 Å². The molecule has 0 fully saturated rings. The third-order valence-corrected chi connectivity index (χ3v) is 5.35. The molecule has 0 spiro atoms. The minimum Gasteiger partial charge on any atom is -0.325 e. The molecule has 0 aliphatic heterocycles. The van der Waals surface area contributed by atoms with E-state index in [1.165, 1.54) is 30.3 Å². The molecule has 0 bridgehead atoms. The second-order valence-corrected chi connectivity index (χ2v) is 7.57. The zero-order valence-corrected chi connectivity index (χ0v) is 17.3. The van der Waals surface area contributed by atoms with Crippen LogP contribution in [0, 0.1) is 15.9 Å². The zero-order chi connectivity index (χ0) is 22.5. The third kappa shape index (κ3) is 4.81. The number of carbonyl (C=O) groups excluding carboxylic acids is 1. The van der Waals surface area contributed by atoms with Crippen molar-refractivity contribution in [3.63, 3.8) is 0 Å². The summed E-state index contributed by atoms with van der Waals surface area (Å²) < 4.78 is 15.2. The minimum absolute atomic E-state index is 0.00317. The average Bonchev–Trinajstić information content (AvgIpc) is 3.23. The van der Waals surface area contributed by atoms with Gasteiger partial charge in [-0.15, -0.1) is 10.2 Å². The summed E-state index contributed by atoms with van der Waals surface area (Å²) in [5.74, 6) is -0.172. The minimum atomic E-state index is -0.527. The lowest BCUT2D eigenvalue weighted by molar-refractivity contribution is -0.384. The third-order valence-electron chi connectivity index (χ3n) is 4.42. The number of nitrogens with one attached hydrogen (secondary N) is 1. The van der Waals surface area contributed by atoms with Gasteiger partial charge in [-0.2, -0.15) is 0 Å². The molecule has 1 N–H and O–H groups in total. The van der Waals surface area contributed by atoms with Gasteiger partial charge in [0.1, 0.15) is 5.82 Å². The highest BCUT2D eigenvalue weighted by Gasteiger charge is 2.17. The molecule has 1 aromatic heterocycles. The maximum absolute atomic E-state index is 13.5. The Morgan fingerprint density at radius 1 is 1.03 bits per heavy atom. The van der Waals surface area contributed by atoms with Crippen LogP contribution in [0.3, 0.4) is 0 Å². The smallest absolute Gasteiger partial charge is 0.271 e. The van der Waals surface area contributed by atoms with Crippen molar-refractivity contribution in [2.24, 2.45) is 0 Å². The fourth-order valence-corrected chi connectivity index (χ4v) is 3.74. The molecule has 0 saturated carbocycles. The molecule has 1 amide bonds. The SMILES string of the molecule is O=C(CSc1nnc(-c2ccccc2)n1-c1ccc(F)cc1)Nc1cccc([N+](=O)[O-])c1. The number of benzene rings is 3. The van der Waals surface area contributed by atoms with Crippen LogP contribution < -0.4 is 5.32 Å². The van der Waals surface area contributed by atoms with Crippen molar-refractivity contribution in [2.45, 2.75) is 5.16 Å². The molecule has 4 aromatic rings. The van der Waals surface area contributed by atoms with Crippen molar-refractivity contribution in [2.75, 3.05) is 11.1 Å². The molecule has 3 aromatic carbocycles. The molecule has 0 atom stereocenters. The van der Waals surface area contributed by atoms with Crippen LogP contribution in [0.25, 0.3) is 17.1 Å². The average molecular weight is 449 g/mol. The van der Waals surface area contributed by atoms with Crippen molar-refractivity contribution in [3.05, 3.63) is 94.8 Å². The topological polar surface area (TPSA) is 103 Å². The Morgan fingerprint density at radius 3 is 2.50 bits per heavy atom. The number of halogens is 1. The lowest BCUT2D eigenvalue weighted by atomic mass is 10.2. The van der Waals surface area contributed by atoms with Crippen molar-refractivity contribution in [3.8, 4) is 17.1 Å². The summed E-state index contributed by atoms with van der Waals surface area (Å²) in [6, 6.07) is 21.0. The fourth-order valence-electron chi connectivity index (χ4n) is 2.98. The molecule has 160 valence electrons. The van der Waals surface area contributed by atoms with E-state index in [0.717, 1.165) is 17.3 Å². The van der Waals surface area contributed by atoms with E-state index in [1.807, 2.05) is 30.3 Å². The van der Waals surface area contributed by atoms with Gasteiger partial charge < -0.3 is 5.32 Å². The summed E-state index contributed by atoms with van der Waals surface area (Å²) in [7, 11) is 0. The maximum Gasteiger partial charge on any atom is 0.271 e. The maximum atomic E-state index is 13.5. The van der Waals surface area contributed by atoms with Crippen molar-refractivity contribution in [1.29, 1.82) is 0 Å². The Bertz CT molecular complexity index is 1260. The highest BCUT2D eigenvalue weighted by molar-refractivity contribution is 7.99. The number of anilines is 1. The Balaban J connectivity index is 1.56. The summed E-state index contributed by atoms with van der Waals surface area (Å²) in [6.45, 7) is 0. The molecule has 10 heteroatoms. The number of nitro groups is 1. The molecule has 1 heterocycles. The number of carbonyl (C=O) groups is 1. The van der Waals surface area contributed by atoms with Gasteiger partial charge in [0.2, 0.25) is 5.91 Å². The Labute approximate surface area is 186 Å². The lowest BCUT2D eigenvalue weighted by Crippen LogP contribution is -2.14. The zero-order valence-electron chi connectivity index (χ0n) is 16.5. The number of amides is 1. The van der Waals surface area contributed by atoms with Crippen LogP contribution in [0.5, 0.6) is 0 Å². The van der Waals surface area contributed by atoms with E-state index in [0.29, 0.717) is 22.4 Å². The summed E-state index contributed by atoms with van der Waals surface area (Å²) in [4.78, 5) is 22.8. The Kier molecular flexibility index (Phi) is 6.22. The summed E-state index contributed by atoms with van der Waals surface area (Å²) in [5, 5.41) is 22.5. The van der Waals surface area contributed by atoms with Gasteiger partial charge in [-0.05, 0) is 30.3 Å². The molecule has 0 saturated heterocycles. The number of nitrogens with zero attached hydrogens (tertiary/aromatic N) is 4. The summed E-state index contributed by atoms with van der Waals surface area (Å²) in [6.07, 6.45) is 0. The number of hydrogen-bond acceptors (Lipinski definition) is 6. The predicted octanol–water partition coefficient (Wildman–Crippen LogP) is 4.71. The molecule has 0 unspecified atom stereocenters. The largest absolute Gasteiger partial charge is 0.325 e. The molecule has 0 aliphatic carbocycles. The summed E-state index contributed by atoms with van der Waals surface area (Å²) >= 11 is 1.15. The molecule has 8 nitrogen and oxygen atoms in total. The molecule has 32 heavy (non-hydrogen) atoms. The van der Waals surface area contributed by atoms with Crippen LogP contribution in [-0.2, 0) is 4.79 Å². The van der Waals surface area contributed by atoms with Crippen LogP contribution in [0.1, 0.15) is 0 Å². The summed E-state index contributed by atoms with van der Waals surface area (Å²) in [5.41, 5.74) is 1.68. The lowest BCUT2D eigenvalue weighted by Gasteiger charge is -2.10. The number of hydrogen-bond donors (Lipinski definition) is 1. The van der Waals surface area contributed by atoms with Crippen LogP contribution in [0.2, 0.25) is 0 Å². The normalized spacial score (nSPS) is 10.7. The Morgan fingerprint density at radius 2 is 1.78 bits per heavy atom. The van der Waals surface area contributed by atoms with E-state index in [2.05, 4.69) is 15.5 Å². The standard InChI is InChI=1S/C22H16FN5O3S/c23-16-9-11-18(12-10-16)27-21(15-5-2-1-3-6-15)25-26-22(27)32-14-20(29)24-17-7-4-8-19(13-17)28(30)31/h1-13H,14H2,(H,24,29). The molecular weight excluding hydrogens is 433 g/mol. The van der Waals surface area contributed by atoms with Crippen LogP contribution >= 0.6 is 11.8 Å². The highest BCUT2D eigenvalue weighted by atomic mass is 32.2. The molecule has 0 radical (unpaired) electrons. The van der Waals surface area contributed by atoms with E-state index >= 15 is 0 Å². The second-order valence-electron chi connectivity index (χ2n) is 6.63. The van der Waals surface area contributed by atoms with Gasteiger partial charge >= 0.3 is 0 Å². The van der Waals surface area contributed by atoms with Gasteiger partial charge in [0.05, 0.1) is 10.7 Å². The predicted molar refractivity (Wildman–Crippen MR) is 119 cm³/mol. The van der Waals surface area contributed by atoms with Gasteiger partial charge in [0.25, 0.3) is 5.69 Å². The first-order valence-electron chi connectivity index (χ1n) is 9.45. The van der Waals surface area contributed by atoms with Crippen LogP contribution in [0.4, 0.5) is 15.8 Å². The molecule has 0 aliphatic rings. The van der Waals surface area contributed by atoms with Gasteiger partial charge in [0.15, 0.2) is 11.0 Å². The van der Waals surface area contributed by atoms with Crippen LogP contribution in [0.15, 0.2) is 84.0 Å². The van der Waals surface area contributed by atoms with E-state index in [4.69, 9.17) is 0 Å². The van der Waals surface area contributed by atoms with Crippen molar-refractivity contribution < 1.29 is 14.1 Å². The first kappa shape index (κ1) is 21.2. The van der Waals surface area contributed by atoms with Crippen LogP contribution in [-0.4, -0.2) is 31.3 Å². The first-order valence-corrected chi connectivity index (χ1v) is 10.4. The number of thioether (sulfide) groups is 1. The van der Waals surface area contributed by atoms with E-state index in [-0.39, 0.29) is 23.2 Å². The number of non-ortho nitro benzene ring substituents is 1. The second kappa shape index (κ2) is 9.40. The van der Waals surface area contributed by atoms with Crippen molar-refractivity contribution in [1.82, 2.24) is 14.8 Å². The molecular formula is C22H16FN5O3S. The van der Waals surface area contributed by atoms with Gasteiger partial charge in [-0.1, -0.05) is 48.2 Å². The highest BCUT2D eigenvalue weighted by Crippen LogP contribution is 2.28. The van der Waals surface area contributed by atoms with Gasteiger partial charge in [-0.3, -0.25) is 19.5 Å². The quantitative estimate of drug-likeness (QED) is 0.249. The fraction of sp³-hybridized carbons (Fsp3) is 0.0455. The van der Waals surface area contributed by atoms with Gasteiger partial charge in [0, 0.05) is 29.1 Å². The number of rotatable bonds is 7. The molecule has 4 rings (SSSR count). The van der Waals surface area contributed by atoms with E-state index < -0.39 is 4.92 Å².